The van der Waals surface area contributed by atoms with Crippen LogP contribution >= 0.6 is 0 Å². The Hall–Kier alpha value is -1.38. The van der Waals surface area contributed by atoms with Crippen molar-refractivity contribution in [3.63, 3.8) is 0 Å². The van der Waals surface area contributed by atoms with Gasteiger partial charge < -0.3 is 5.73 Å². The first-order valence-corrected chi connectivity index (χ1v) is 9.33. The molecule has 2 unspecified atom stereocenters. The summed E-state index contributed by atoms with van der Waals surface area (Å²) < 4.78 is 27.9. The molecule has 2 atom stereocenters. The van der Waals surface area contributed by atoms with E-state index in [1.54, 1.807) is 6.07 Å². The topological polar surface area (TPSA) is 26.0 Å². The first-order chi connectivity index (χ1) is 11.5. The molecule has 0 aliphatic heterocycles. The summed E-state index contributed by atoms with van der Waals surface area (Å²) in [5, 5.41) is 0. The van der Waals surface area contributed by atoms with E-state index in [4.69, 9.17) is 5.73 Å². The molecule has 1 aromatic rings. The van der Waals surface area contributed by atoms with Crippen molar-refractivity contribution in [3.05, 3.63) is 42.0 Å². The molecule has 1 aromatic carbocycles. The second-order valence-electron chi connectivity index (χ2n) is 7.44. The quantitative estimate of drug-likeness (QED) is 0.450. The number of nitrogens with two attached hydrogens (primary N) is 1. The van der Waals surface area contributed by atoms with E-state index >= 15 is 0 Å². The van der Waals surface area contributed by atoms with Gasteiger partial charge in [0.25, 0.3) is 0 Å². The van der Waals surface area contributed by atoms with Gasteiger partial charge in [0.05, 0.1) is 5.69 Å². The standard InChI is InChI=1S/C21H31F2N/c1-4-14(3)6-7-15(5-2)16-8-10-17(11-9-16)18-12-13-19(24)21(23)20(18)22/h4,12-17H,1,5-11,24H2,2-3H3. The highest BCUT2D eigenvalue weighted by Gasteiger charge is 2.29. The molecule has 0 heterocycles. The third kappa shape index (κ3) is 4.37. The Bertz CT molecular complexity index is 547. The molecule has 0 spiro atoms. The number of rotatable bonds is 7. The number of benzene rings is 1. The van der Waals surface area contributed by atoms with Gasteiger partial charge in [-0.15, -0.1) is 6.58 Å². The minimum Gasteiger partial charge on any atom is -0.396 e. The minimum atomic E-state index is -0.889. The molecule has 2 rings (SSSR count). The summed E-state index contributed by atoms with van der Waals surface area (Å²) >= 11 is 0. The van der Waals surface area contributed by atoms with Gasteiger partial charge in [0.15, 0.2) is 11.6 Å². The van der Waals surface area contributed by atoms with Crippen LogP contribution in [0.2, 0.25) is 0 Å². The second kappa shape index (κ2) is 8.64. The number of nitrogen functional groups attached to an aromatic ring is 1. The molecule has 3 heteroatoms. The number of hydrogen-bond donors (Lipinski definition) is 1. The maximum atomic E-state index is 14.2. The van der Waals surface area contributed by atoms with E-state index < -0.39 is 11.6 Å². The molecule has 2 N–H and O–H groups in total. The zero-order valence-corrected chi connectivity index (χ0v) is 15.0. The lowest BCUT2D eigenvalue weighted by atomic mass is 9.71. The first-order valence-electron chi connectivity index (χ1n) is 9.33. The van der Waals surface area contributed by atoms with Gasteiger partial charge in [0, 0.05) is 0 Å². The van der Waals surface area contributed by atoms with Crippen LogP contribution in [0.25, 0.3) is 0 Å². The van der Waals surface area contributed by atoms with Gasteiger partial charge in [0.2, 0.25) is 0 Å². The minimum absolute atomic E-state index is 0.104. The zero-order chi connectivity index (χ0) is 17.7. The Morgan fingerprint density at radius 2 is 1.83 bits per heavy atom. The summed E-state index contributed by atoms with van der Waals surface area (Å²) in [5.74, 6) is 0.513. The smallest absolute Gasteiger partial charge is 0.181 e. The van der Waals surface area contributed by atoms with Crippen molar-refractivity contribution in [3.8, 4) is 0 Å². The van der Waals surface area contributed by atoms with Crippen molar-refractivity contribution in [1.29, 1.82) is 0 Å². The van der Waals surface area contributed by atoms with Gasteiger partial charge in [-0.3, -0.25) is 0 Å². The molecule has 1 aliphatic carbocycles. The van der Waals surface area contributed by atoms with Crippen molar-refractivity contribution < 1.29 is 8.78 Å². The average Bonchev–Trinajstić information content (AvgIpc) is 2.61. The van der Waals surface area contributed by atoms with Crippen LogP contribution in [0, 0.1) is 29.4 Å². The van der Waals surface area contributed by atoms with E-state index in [-0.39, 0.29) is 11.6 Å². The molecule has 0 saturated heterocycles. The Morgan fingerprint density at radius 3 is 2.42 bits per heavy atom. The van der Waals surface area contributed by atoms with Crippen LogP contribution in [-0.2, 0) is 0 Å². The second-order valence-corrected chi connectivity index (χ2v) is 7.44. The maximum absolute atomic E-state index is 14.2. The molecular weight excluding hydrogens is 304 g/mol. The van der Waals surface area contributed by atoms with Crippen LogP contribution in [0.5, 0.6) is 0 Å². The summed E-state index contributed by atoms with van der Waals surface area (Å²) in [6, 6.07) is 3.16. The molecule has 1 fully saturated rings. The Balaban J connectivity index is 1.95. The molecule has 0 aromatic heterocycles. The predicted octanol–water partition coefficient (Wildman–Crippen LogP) is 6.45. The molecule has 1 aliphatic rings. The van der Waals surface area contributed by atoms with Crippen LogP contribution in [0.3, 0.4) is 0 Å². The van der Waals surface area contributed by atoms with E-state index in [1.165, 1.54) is 25.3 Å². The lowest BCUT2D eigenvalue weighted by molar-refractivity contribution is 0.208. The van der Waals surface area contributed by atoms with Crippen LogP contribution < -0.4 is 5.73 Å². The summed E-state index contributed by atoms with van der Waals surface area (Å²) in [5.41, 5.74) is 5.85. The Labute approximate surface area is 145 Å². The molecule has 1 saturated carbocycles. The SMILES string of the molecule is C=CC(C)CCC(CC)C1CCC(c2ccc(N)c(F)c2F)CC1. The van der Waals surface area contributed by atoms with E-state index in [0.717, 1.165) is 31.6 Å². The molecule has 0 bridgehead atoms. The number of anilines is 1. The fourth-order valence-corrected chi connectivity index (χ4v) is 4.16. The summed E-state index contributed by atoms with van der Waals surface area (Å²) in [4.78, 5) is 0. The molecule has 1 nitrogen and oxygen atoms in total. The van der Waals surface area contributed by atoms with E-state index in [1.807, 2.05) is 6.08 Å². The van der Waals surface area contributed by atoms with Gasteiger partial charge in [0.1, 0.15) is 0 Å². The number of halogens is 2. The van der Waals surface area contributed by atoms with Crippen molar-refractivity contribution in [2.24, 2.45) is 17.8 Å². The van der Waals surface area contributed by atoms with E-state index in [2.05, 4.69) is 20.4 Å². The molecule has 24 heavy (non-hydrogen) atoms. The fraction of sp³-hybridized carbons (Fsp3) is 0.619. The fourth-order valence-electron chi connectivity index (χ4n) is 4.16. The zero-order valence-electron chi connectivity index (χ0n) is 15.0. The highest BCUT2D eigenvalue weighted by atomic mass is 19.2. The third-order valence-electron chi connectivity index (χ3n) is 5.94. The highest BCUT2D eigenvalue weighted by Crippen LogP contribution is 2.42. The van der Waals surface area contributed by atoms with Gasteiger partial charge in [-0.1, -0.05) is 32.4 Å². The van der Waals surface area contributed by atoms with Crippen LogP contribution in [0.1, 0.15) is 70.3 Å². The van der Waals surface area contributed by atoms with Gasteiger partial charge >= 0.3 is 0 Å². The van der Waals surface area contributed by atoms with Crippen molar-refractivity contribution >= 4 is 5.69 Å². The average molecular weight is 335 g/mol. The van der Waals surface area contributed by atoms with Gasteiger partial charge in [-0.05, 0) is 73.8 Å². The van der Waals surface area contributed by atoms with E-state index in [9.17, 15) is 8.78 Å². The molecule has 134 valence electrons. The van der Waals surface area contributed by atoms with Crippen molar-refractivity contribution in [1.82, 2.24) is 0 Å². The highest BCUT2D eigenvalue weighted by molar-refractivity contribution is 5.43. The monoisotopic (exact) mass is 335 g/mol. The van der Waals surface area contributed by atoms with E-state index in [0.29, 0.717) is 17.4 Å². The van der Waals surface area contributed by atoms with Crippen molar-refractivity contribution in [2.45, 2.75) is 64.7 Å². The maximum Gasteiger partial charge on any atom is 0.181 e. The van der Waals surface area contributed by atoms with Gasteiger partial charge in [-0.2, -0.15) is 0 Å². The summed E-state index contributed by atoms with van der Waals surface area (Å²) in [6.07, 6.45) is 9.76. The molecule has 0 amide bonds. The normalized spacial score (nSPS) is 23.7. The lowest BCUT2D eigenvalue weighted by Gasteiger charge is -2.34. The van der Waals surface area contributed by atoms with Gasteiger partial charge in [-0.25, -0.2) is 8.78 Å². The summed E-state index contributed by atoms with van der Waals surface area (Å²) in [6.45, 7) is 8.35. The number of hydrogen-bond acceptors (Lipinski definition) is 1. The first kappa shape index (κ1) is 19.0. The number of allylic oxidation sites excluding steroid dienone is 1. The lowest BCUT2D eigenvalue weighted by Crippen LogP contribution is -2.22. The van der Waals surface area contributed by atoms with Crippen LogP contribution in [0.15, 0.2) is 24.8 Å². The molecular formula is C21H31F2N. The predicted molar refractivity (Wildman–Crippen MR) is 97.8 cm³/mol. The largest absolute Gasteiger partial charge is 0.396 e. The van der Waals surface area contributed by atoms with Crippen LogP contribution in [-0.4, -0.2) is 0 Å². The molecule has 0 radical (unpaired) electrons. The summed E-state index contributed by atoms with van der Waals surface area (Å²) in [7, 11) is 0. The Kier molecular flexibility index (Phi) is 6.82. The third-order valence-corrected chi connectivity index (χ3v) is 5.94. The van der Waals surface area contributed by atoms with Crippen molar-refractivity contribution in [2.75, 3.05) is 5.73 Å². The Morgan fingerprint density at radius 1 is 1.17 bits per heavy atom. The van der Waals surface area contributed by atoms with Crippen LogP contribution in [0.4, 0.5) is 14.5 Å².